The van der Waals surface area contributed by atoms with Crippen LogP contribution in [0.2, 0.25) is 0 Å². The van der Waals surface area contributed by atoms with Gasteiger partial charge < -0.3 is 9.80 Å². The first-order valence-corrected chi connectivity index (χ1v) is 9.15. The number of hydrogen-bond acceptors (Lipinski definition) is 4. The molecule has 120 valence electrons. The van der Waals surface area contributed by atoms with Gasteiger partial charge in [0, 0.05) is 44.6 Å². The van der Waals surface area contributed by atoms with Crippen LogP contribution < -0.4 is 9.80 Å². The fourth-order valence-electron chi connectivity index (χ4n) is 3.06. The summed E-state index contributed by atoms with van der Waals surface area (Å²) in [4.78, 5) is 15.6. The van der Waals surface area contributed by atoms with Crippen LogP contribution in [-0.2, 0) is 21.2 Å². The van der Waals surface area contributed by atoms with E-state index in [1.165, 1.54) is 0 Å². The van der Waals surface area contributed by atoms with Gasteiger partial charge in [0.1, 0.15) is 0 Å². The molecule has 1 aromatic carbocycles. The quantitative estimate of drug-likeness (QED) is 0.821. The molecule has 0 atom stereocenters. The van der Waals surface area contributed by atoms with E-state index in [2.05, 4.69) is 11.0 Å². The predicted molar refractivity (Wildman–Crippen MR) is 86.8 cm³/mol. The molecule has 0 bridgehead atoms. The van der Waals surface area contributed by atoms with E-state index in [4.69, 9.17) is 0 Å². The lowest BCUT2D eigenvalue weighted by Crippen LogP contribution is -2.49. The highest BCUT2D eigenvalue weighted by atomic mass is 32.2. The van der Waals surface area contributed by atoms with Crippen molar-refractivity contribution in [2.24, 2.45) is 0 Å². The maximum Gasteiger partial charge on any atom is 0.231 e. The Labute approximate surface area is 131 Å². The number of carbonyl (C=O) groups excluding carboxylic acids is 1. The fraction of sp³-hybridized carbons (Fsp3) is 0.533. The highest BCUT2D eigenvalue weighted by Crippen LogP contribution is 2.31. The highest BCUT2D eigenvalue weighted by molar-refractivity contribution is 7.89. The van der Waals surface area contributed by atoms with Crippen LogP contribution >= 0.6 is 0 Å². The summed E-state index contributed by atoms with van der Waals surface area (Å²) in [6.07, 6.45) is 0.448. The fourth-order valence-corrected chi connectivity index (χ4v) is 4.15. The summed E-state index contributed by atoms with van der Waals surface area (Å²) in [5.74, 6) is 0.270. The Morgan fingerprint density at radius 2 is 1.82 bits per heavy atom. The van der Waals surface area contributed by atoms with Gasteiger partial charge in [-0.2, -0.15) is 4.31 Å². The minimum absolute atomic E-state index is 0.117. The number of amides is 1. The van der Waals surface area contributed by atoms with Crippen molar-refractivity contribution < 1.29 is 13.2 Å². The van der Waals surface area contributed by atoms with Gasteiger partial charge in [0.15, 0.2) is 0 Å². The van der Waals surface area contributed by atoms with Crippen molar-refractivity contribution in [3.05, 3.63) is 23.8 Å². The third-order valence-corrected chi connectivity index (χ3v) is 6.38. The summed E-state index contributed by atoms with van der Waals surface area (Å²) in [5.41, 5.74) is 3.09. The van der Waals surface area contributed by atoms with Crippen molar-refractivity contribution in [2.45, 2.75) is 13.3 Å². The Morgan fingerprint density at radius 1 is 1.14 bits per heavy atom. The zero-order valence-electron chi connectivity index (χ0n) is 12.9. The molecule has 0 aromatic heterocycles. The number of hydrogen-bond donors (Lipinski definition) is 0. The number of nitrogens with zero attached hydrogens (tertiary/aromatic N) is 3. The predicted octanol–water partition coefficient (Wildman–Crippen LogP) is 0.677. The first-order chi connectivity index (χ1) is 10.4. The van der Waals surface area contributed by atoms with E-state index in [-0.39, 0.29) is 11.7 Å². The van der Waals surface area contributed by atoms with Gasteiger partial charge in [0.05, 0.1) is 12.2 Å². The molecule has 1 fully saturated rings. The highest BCUT2D eigenvalue weighted by Gasteiger charge is 2.28. The molecule has 2 heterocycles. The molecule has 1 aromatic rings. The van der Waals surface area contributed by atoms with Crippen LogP contribution in [0.4, 0.5) is 11.4 Å². The second kappa shape index (κ2) is 5.55. The Hall–Kier alpha value is -1.60. The second-order valence-corrected chi connectivity index (χ2v) is 7.99. The van der Waals surface area contributed by atoms with Gasteiger partial charge in [-0.1, -0.05) is 0 Å². The molecule has 3 rings (SSSR count). The van der Waals surface area contributed by atoms with Crippen LogP contribution in [0.5, 0.6) is 0 Å². The van der Waals surface area contributed by atoms with Crippen molar-refractivity contribution in [1.29, 1.82) is 0 Å². The molecule has 0 spiro atoms. The smallest absolute Gasteiger partial charge is 0.231 e. The lowest BCUT2D eigenvalue weighted by molar-refractivity contribution is -0.117. The maximum absolute atomic E-state index is 11.9. The van der Waals surface area contributed by atoms with Gasteiger partial charge in [-0.3, -0.25) is 4.79 Å². The SMILES string of the molecule is CCS(=O)(=O)N1CCN(c2ccc3c(c2)CC(=O)N3C)CC1. The standard InChI is InChI=1S/C15H21N3O3S/c1-3-22(20,21)18-8-6-17(7-9-18)13-4-5-14-12(10-13)11-15(19)16(14)2/h4-5,10H,3,6-9,11H2,1-2H3. The van der Waals surface area contributed by atoms with E-state index in [0.29, 0.717) is 32.6 Å². The molecule has 2 aliphatic heterocycles. The van der Waals surface area contributed by atoms with Gasteiger partial charge in [0.2, 0.25) is 15.9 Å². The molecule has 7 heteroatoms. The van der Waals surface area contributed by atoms with Crippen molar-refractivity contribution in [1.82, 2.24) is 4.31 Å². The molecule has 0 aliphatic carbocycles. The Balaban J connectivity index is 1.73. The Kier molecular flexibility index (Phi) is 3.86. The zero-order chi connectivity index (χ0) is 15.9. The number of anilines is 2. The van der Waals surface area contributed by atoms with Crippen LogP contribution in [0, 0.1) is 0 Å². The third kappa shape index (κ3) is 2.59. The van der Waals surface area contributed by atoms with Gasteiger partial charge in [-0.05, 0) is 30.7 Å². The number of benzene rings is 1. The van der Waals surface area contributed by atoms with Crippen LogP contribution in [-0.4, -0.2) is 57.6 Å². The van der Waals surface area contributed by atoms with E-state index in [1.807, 2.05) is 12.1 Å². The van der Waals surface area contributed by atoms with Crippen LogP contribution in [0.3, 0.4) is 0 Å². The van der Waals surface area contributed by atoms with Crippen LogP contribution in [0.25, 0.3) is 0 Å². The average molecular weight is 323 g/mol. The summed E-state index contributed by atoms with van der Waals surface area (Å²) in [5, 5.41) is 0. The van der Waals surface area contributed by atoms with E-state index >= 15 is 0 Å². The first-order valence-electron chi connectivity index (χ1n) is 7.54. The molecule has 0 N–H and O–H groups in total. The molecular weight excluding hydrogens is 302 g/mol. The number of piperazine rings is 1. The first kappa shape index (κ1) is 15.3. The van der Waals surface area contributed by atoms with Crippen LogP contribution in [0.1, 0.15) is 12.5 Å². The third-order valence-electron chi connectivity index (χ3n) is 4.50. The number of fused-ring (bicyclic) bond motifs is 1. The van der Waals surface area contributed by atoms with Gasteiger partial charge in [-0.15, -0.1) is 0 Å². The monoisotopic (exact) mass is 323 g/mol. The maximum atomic E-state index is 11.9. The molecule has 2 aliphatic rings. The minimum atomic E-state index is -3.10. The van der Waals surface area contributed by atoms with Gasteiger partial charge >= 0.3 is 0 Å². The molecule has 1 amide bonds. The van der Waals surface area contributed by atoms with Gasteiger partial charge in [-0.25, -0.2) is 8.42 Å². The minimum Gasteiger partial charge on any atom is -0.369 e. The van der Waals surface area contributed by atoms with Gasteiger partial charge in [0.25, 0.3) is 0 Å². The second-order valence-electron chi connectivity index (χ2n) is 5.73. The van der Waals surface area contributed by atoms with E-state index < -0.39 is 10.0 Å². The van der Waals surface area contributed by atoms with Crippen molar-refractivity contribution in [3.63, 3.8) is 0 Å². The number of carbonyl (C=O) groups is 1. The van der Waals surface area contributed by atoms with Crippen molar-refractivity contribution in [3.8, 4) is 0 Å². The molecule has 0 radical (unpaired) electrons. The Bertz CT molecular complexity index is 694. The van der Waals surface area contributed by atoms with E-state index in [9.17, 15) is 13.2 Å². The lowest BCUT2D eigenvalue weighted by atomic mass is 10.1. The molecule has 0 unspecified atom stereocenters. The molecule has 6 nitrogen and oxygen atoms in total. The lowest BCUT2D eigenvalue weighted by Gasteiger charge is -2.35. The normalized spacial score (nSPS) is 19.6. The average Bonchev–Trinajstić information content (AvgIpc) is 2.81. The molecular formula is C15H21N3O3S. The van der Waals surface area contributed by atoms with Crippen molar-refractivity contribution >= 4 is 27.3 Å². The number of likely N-dealkylation sites (N-methyl/N-ethyl adjacent to an activating group) is 1. The summed E-state index contributed by atoms with van der Waals surface area (Å²) < 4.78 is 25.3. The molecule has 22 heavy (non-hydrogen) atoms. The summed E-state index contributed by atoms with van der Waals surface area (Å²) in [7, 11) is -1.30. The topological polar surface area (TPSA) is 60.9 Å². The summed E-state index contributed by atoms with van der Waals surface area (Å²) in [6.45, 7) is 4.08. The van der Waals surface area contributed by atoms with Crippen LogP contribution in [0.15, 0.2) is 18.2 Å². The zero-order valence-corrected chi connectivity index (χ0v) is 13.8. The van der Waals surface area contributed by atoms with E-state index in [0.717, 1.165) is 16.9 Å². The summed E-state index contributed by atoms with van der Waals surface area (Å²) in [6, 6.07) is 6.04. The van der Waals surface area contributed by atoms with Crippen molar-refractivity contribution in [2.75, 3.05) is 48.8 Å². The number of rotatable bonds is 3. The largest absolute Gasteiger partial charge is 0.369 e. The summed E-state index contributed by atoms with van der Waals surface area (Å²) >= 11 is 0. The number of sulfonamides is 1. The molecule has 0 saturated carbocycles. The molecule has 1 saturated heterocycles. The Morgan fingerprint density at radius 3 is 2.45 bits per heavy atom. The van der Waals surface area contributed by atoms with E-state index in [1.54, 1.807) is 23.2 Å².